The van der Waals surface area contributed by atoms with Crippen molar-refractivity contribution in [3.05, 3.63) is 40.7 Å². The minimum absolute atomic E-state index is 0.266. The van der Waals surface area contributed by atoms with Gasteiger partial charge < -0.3 is 11.1 Å². The zero-order valence-corrected chi connectivity index (χ0v) is 11.7. The van der Waals surface area contributed by atoms with Crippen LogP contribution in [0.4, 0.5) is 11.4 Å². The summed E-state index contributed by atoms with van der Waals surface area (Å²) in [5.74, 6) is 0.183. The number of amides is 1. The highest BCUT2D eigenvalue weighted by atomic mass is 16.2. The van der Waals surface area contributed by atoms with E-state index in [0.717, 1.165) is 35.3 Å². The molecule has 104 valence electrons. The van der Waals surface area contributed by atoms with Gasteiger partial charge in [-0.2, -0.15) is 5.10 Å². The molecular weight excluding hydrogens is 252 g/mol. The average Bonchev–Trinajstić information content (AvgIpc) is 3.16. The van der Waals surface area contributed by atoms with Gasteiger partial charge in [-0.05, 0) is 38.3 Å². The molecule has 4 N–H and O–H groups in total. The largest absolute Gasteiger partial charge is 0.395 e. The van der Waals surface area contributed by atoms with Gasteiger partial charge in [0.25, 0.3) is 5.91 Å². The minimum Gasteiger partial charge on any atom is -0.395 e. The number of benzene rings is 1. The maximum atomic E-state index is 12.3. The standard InChI is InChI=1S/C15H18N4O/c1-8-3-6-11(9(2)7-8)17-15(20)14-12(16)13(18-19-14)10-4-5-10/h3,6-7,10H,4-5,16H2,1-2H3,(H,17,20)(H,18,19). The van der Waals surface area contributed by atoms with Crippen molar-refractivity contribution in [1.29, 1.82) is 0 Å². The Balaban J connectivity index is 1.82. The lowest BCUT2D eigenvalue weighted by Gasteiger charge is -2.08. The number of anilines is 2. The molecule has 0 atom stereocenters. The number of hydrogen-bond donors (Lipinski definition) is 3. The lowest BCUT2D eigenvalue weighted by Crippen LogP contribution is -2.15. The van der Waals surface area contributed by atoms with Crippen LogP contribution in [0.1, 0.15) is 46.1 Å². The quantitative estimate of drug-likeness (QED) is 0.801. The van der Waals surface area contributed by atoms with Crippen LogP contribution in [0.25, 0.3) is 0 Å². The smallest absolute Gasteiger partial charge is 0.278 e. The summed E-state index contributed by atoms with van der Waals surface area (Å²) in [6.07, 6.45) is 2.23. The summed E-state index contributed by atoms with van der Waals surface area (Å²) >= 11 is 0. The molecule has 0 saturated heterocycles. The number of H-pyrrole nitrogens is 1. The highest BCUT2D eigenvalue weighted by molar-refractivity contribution is 6.06. The SMILES string of the molecule is Cc1ccc(NC(=O)c2n[nH]c(C3CC3)c2N)c(C)c1. The molecule has 1 saturated carbocycles. The summed E-state index contributed by atoms with van der Waals surface area (Å²) in [6.45, 7) is 3.98. The van der Waals surface area contributed by atoms with Gasteiger partial charge in [-0.25, -0.2) is 0 Å². The van der Waals surface area contributed by atoms with Crippen molar-refractivity contribution >= 4 is 17.3 Å². The average molecular weight is 270 g/mol. The first-order chi connectivity index (χ1) is 9.56. The fraction of sp³-hybridized carbons (Fsp3) is 0.333. The van der Waals surface area contributed by atoms with E-state index in [4.69, 9.17) is 5.73 Å². The summed E-state index contributed by atoms with van der Waals surface area (Å²) < 4.78 is 0. The molecule has 2 aromatic rings. The molecule has 1 fully saturated rings. The number of aromatic amines is 1. The van der Waals surface area contributed by atoms with Gasteiger partial charge in [0.15, 0.2) is 5.69 Å². The number of carbonyl (C=O) groups is 1. The molecule has 5 nitrogen and oxygen atoms in total. The van der Waals surface area contributed by atoms with E-state index in [2.05, 4.69) is 15.5 Å². The second-order valence-corrected chi connectivity index (χ2v) is 5.45. The van der Waals surface area contributed by atoms with Crippen molar-refractivity contribution in [3.8, 4) is 0 Å². The van der Waals surface area contributed by atoms with Gasteiger partial charge in [0.2, 0.25) is 0 Å². The second-order valence-electron chi connectivity index (χ2n) is 5.45. The fourth-order valence-corrected chi connectivity index (χ4v) is 2.36. The van der Waals surface area contributed by atoms with E-state index in [1.54, 1.807) is 0 Å². The Kier molecular flexibility index (Phi) is 2.97. The maximum absolute atomic E-state index is 12.3. The maximum Gasteiger partial charge on any atom is 0.278 e. The first kappa shape index (κ1) is 12.7. The van der Waals surface area contributed by atoms with Crippen LogP contribution in [0.5, 0.6) is 0 Å². The summed E-state index contributed by atoms with van der Waals surface area (Å²) in [7, 11) is 0. The molecule has 1 aliphatic carbocycles. The summed E-state index contributed by atoms with van der Waals surface area (Å²) in [5.41, 5.74) is 10.6. The molecule has 0 unspecified atom stereocenters. The monoisotopic (exact) mass is 270 g/mol. The van der Waals surface area contributed by atoms with Crippen molar-refractivity contribution in [2.45, 2.75) is 32.6 Å². The molecule has 1 heterocycles. The Morgan fingerprint density at radius 1 is 1.40 bits per heavy atom. The number of nitrogens with one attached hydrogen (secondary N) is 2. The van der Waals surface area contributed by atoms with Crippen LogP contribution in [-0.2, 0) is 0 Å². The normalized spacial score (nSPS) is 14.3. The van der Waals surface area contributed by atoms with E-state index in [1.165, 1.54) is 0 Å². The van der Waals surface area contributed by atoms with Crippen molar-refractivity contribution in [2.75, 3.05) is 11.1 Å². The van der Waals surface area contributed by atoms with E-state index in [9.17, 15) is 4.79 Å². The van der Waals surface area contributed by atoms with E-state index in [1.807, 2.05) is 32.0 Å². The lowest BCUT2D eigenvalue weighted by molar-refractivity contribution is 0.102. The van der Waals surface area contributed by atoms with Crippen molar-refractivity contribution in [2.24, 2.45) is 0 Å². The summed E-state index contributed by atoms with van der Waals surface area (Å²) in [6, 6.07) is 5.89. The van der Waals surface area contributed by atoms with E-state index >= 15 is 0 Å². The molecule has 1 aromatic carbocycles. The number of hydrogen-bond acceptors (Lipinski definition) is 3. The predicted molar refractivity (Wildman–Crippen MR) is 78.8 cm³/mol. The Morgan fingerprint density at radius 3 is 2.80 bits per heavy atom. The Hall–Kier alpha value is -2.30. The first-order valence-electron chi connectivity index (χ1n) is 6.78. The third-order valence-electron chi connectivity index (χ3n) is 3.66. The first-order valence-corrected chi connectivity index (χ1v) is 6.78. The van der Waals surface area contributed by atoms with Crippen LogP contribution in [0.15, 0.2) is 18.2 Å². The van der Waals surface area contributed by atoms with Crippen molar-refractivity contribution in [1.82, 2.24) is 10.2 Å². The van der Waals surface area contributed by atoms with Crippen LogP contribution in [-0.4, -0.2) is 16.1 Å². The van der Waals surface area contributed by atoms with Gasteiger partial charge in [-0.3, -0.25) is 9.89 Å². The zero-order chi connectivity index (χ0) is 14.3. The number of nitrogens with zero attached hydrogens (tertiary/aromatic N) is 1. The molecular formula is C15H18N4O. The molecule has 20 heavy (non-hydrogen) atoms. The minimum atomic E-state index is -0.266. The van der Waals surface area contributed by atoms with Crippen LogP contribution < -0.4 is 11.1 Å². The van der Waals surface area contributed by atoms with E-state index in [-0.39, 0.29) is 11.6 Å². The second kappa shape index (κ2) is 4.67. The van der Waals surface area contributed by atoms with Crippen LogP contribution in [0.2, 0.25) is 0 Å². The van der Waals surface area contributed by atoms with E-state index < -0.39 is 0 Å². The fourth-order valence-electron chi connectivity index (χ4n) is 2.36. The van der Waals surface area contributed by atoms with Gasteiger partial charge in [-0.1, -0.05) is 17.7 Å². The van der Waals surface area contributed by atoms with Gasteiger partial charge in [-0.15, -0.1) is 0 Å². The molecule has 0 radical (unpaired) electrons. The Morgan fingerprint density at radius 2 is 2.15 bits per heavy atom. The zero-order valence-electron chi connectivity index (χ0n) is 11.7. The van der Waals surface area contributed by atoms with Crippen LogP contribution in [0.3, 0.4) is 0 Å². The Bertz CT molecular complexity index is 671. The highest BCUT2D eigenvalue weighted by Gasteiger charge is 2.30. The van der Waals surface area contributed by atoms with E-state index in [0.29, 0.717) is 11.6 Å². The number of aromatic nitrogens is 2. The predicted octanol–water partition coefficient (Wildman–Crippen LogP) is 2.74. The molecule has 1 aliphatic rings. The van der Waals surface area contributed by atoms with Crippen LogP contribution >= 0.6 is 0 Å². The summed E-state index contributed by atoms with van der Waals surface area (Å²) in [4.78, 5) is 12.3. The Labute approximate surface area is 117 Å². The molecule has 1 aromatic heterocycles. The molecule has 1 amide bonds. The van der Waals surface area contributed by atoms with Crippen LogP contribution in [0, 0.1) is 13.8 Å². The van der Waals surface area contributed by atoms with Gasteiger partial charge in [0.1, 0.15) is 0 Å². The number of aryl methyl sites for hydroxylation is 2. The van der Waals surface area contributed by atoms with Gasteiger partial charge in [0, 0.05) is 11.6 Å². The third-order valence-corrected chi connectivity index (χ3v) is 3.66. The number of carbonyl (C=O) groups excluding carboxylic acids is 1. The number of nitrogens with two attached hydrogens (primary N) is 1. The van der Waals surface area contributed by atoms with Gasteiger partial charge >= 0.3 is 0 Å². The van der Waals surface area contributed by atoms with Crippen molar-refractivity contribution < 1.29 is 4.79 Å². The molecule has 0 aliphatic heterocycles. The highest BCUT2D eigenvalue weighted by Crippen LogP contribution is 2.42. The molecule has 0 spiro atoms. The third kappa shape index (κ3) is 2.27. The lowest BCUT2D eigenvalue weighted by atomic mass is 10.1. The molecule has 3 rings (SSSR count). The molecule has 0 bridgehead atoms. The number of rotatable bonds is 3. The topological polar surface area (TPSA) is 83.8 Å². The molecule has 5 heteroatoms. The van der Waals surface area contributed by atoms with Crippen molar-refractivity contribution in [3.63, 3.8) is 0 Å². The van der Waals surface area contributed by atoms with Gasteiger partial charge in [0.05, 0.1) is 11.4 Å². The summed E-state index contributed by atoms with van der Waals surface area (Å²) in [5, 5.41) is 9.81. The number of nitrogen functional groups attached to an aromatic ring is 1.